The fourth-order valence-corrected chi connectivity index (χ4v) is 3.91. The molecule has 0 aliphatic heterocycles. The maximum atomic E-state index is 12.7. The van der Waals surface area contributed by atoms with E-state index in [9.17, 15) is 9.59 Å². The minimum Gasteiger partial charge on any atom is -0.322 e. The second-order valence-electron chi connectivity index (χ2n) is 6.48. The van der Waals surface area contributed by atoms with Crippen LogP contribution in [0.25, 0.3) is 10.2 Å². The molecule has 0 unspecified atom stereocenters. The van der Waals surface area contributed by atoms with Crippen LogP contribution in [0.5, 0.6) is 0 Å². The molecule has 4 rings (SSSR count). The van der Waals surface area contributed by atoms with Crippen LogP contribution < -0.4 is 10.9 Å². The molecule has 1 N–H and O–H groups in total. The molecule has 140 valence electrons. The fraction of sp³-hybridized carbons (Fsp3) is 0.136. The summed E-state index contributed by atoms with van der Waals surface area (Å²) in [4.78, 5) is 31.4. The molecule has 2 aromatic carbocycles. The summed E-state index contributed by atoms with van der Waals surface area (Å²) < 4.78 is 1.60. The minimum atomic E-state index is -0.164. The van der Waals surface area contributed by atoms with E-state index in [2.05, 4.69) is 17.2 Å². The molecule has 0 radical (unpaired) electrons. The van der Waals surface area contributed by atoms with Crippen LogP contribution in [-0.2, 0) is 13.0 Å². The molecule has 2 aromatic heterocycles. The van der Waals surface area contributed by atoms with E-state index >= 15 is 0 Å². The minimum absolute atomic E-state index is 0.0353. The highest BCUT2D eigenvalue weighted by Gasteiger charge is 2.10. The number of benzene rings is 2. The molecule has 0 aliphatic rings. The average Bonchev–Trinajstić information content (AvgIpc) is 3.16. The topological polar surface area (TPSA) is 64.0 Å². The Balaban J connectivity index is 1.51. The number of anilines is 1. The molecule has 0 saturated carbocycles. The highest BCUT2D eigenvalue weighted by molar-refractivity contribution is 7.18. The maximum absolute atomic E-state index is 12.7. The summed E-state index contributed by atoms with van der Waals surface area (Å²) in [6, 6.07) is 18.5. The standard InChI is InChI=1S/C22H19N3O2S/c1-2-18-12-19-21(28-18)23-14-25(22(19)27)13-15-8-10-16(11-9-15)20(26)24-17-6-4-3-5-7-17/h3-12,14H,2,13H2,1H3,(H,24,26). The first-order chi connectivity index (χ1) is 13.6. The van der Waals surface area contributed by atoms with Crippen LogP contribution in [0, 0.1) is 0 Å². The molecular weight excluding hydrogens is 370 g/mol. The zero-order chi connectivity index (χ0) is 19.5. The van der Waals surface area contributed by atoms with Crippen molar-refractivity contribution in [3.63, 3.8) is 0 Å². The number of nitrogens with one attached hydrogen (secondary N) is 1. The van der Waals surface area contributed by atoms with Gasteiger partial charge in [0.25, 0.3) is 11.5 Å². The van der Waals surface area contributed by atoms with Crippen LogP contribution in [0.15, 0.2) is 71.8 Å². The summed E-state index contributed by atoms with van der Waals surface area (Å²) in [5.74, 6) is -0.164. The zero-order valence-electron chi connectivity index (χ0n) is 15.4. The third-order valence-corrected chi connectivity index (χ3v) is 5.71. The van der Waals surface area contributed by atoms with Crippen LogP contribution in [0.4, 0.5) is 5.69 Å². The number of carbonyl (C=O) groups is 1. The van der Waals surface area contributed by atoms with E-state index in [-0.39, 0.29) is 11.5 Å². The smallest absolute Gasteiger partial charge is 0.262 e. The van der Waals surface area contributed by atoms with Crippen molar-refractivity contribution in [1.29, 1.82) is 0 Å². The Morgan fingerprint density at radius 2 is 1.86 bits per heavy atom. The van der Waals surface area contributed by atoms with Crippen molar-refractivity contribution >= 4 is 33.1 Å². The van der Waals surface area contributed by atoms with E-state index in [0.29, 0.717) is 17.5 Å². The summed E-state index contributed by atoms with van der Waals surface area (Å²) in [7, 11) is 0. The quantitative estimate of drug-likeness (QED) is 0.553. The molecule has 28 heavy (non-hydrogen) atoms. The van der Waals surface area contributed by atoms with Crippen molar-refractivity contribution in [2.24, 2.45) is 0 Å². The van der Waals surface area contributed by atoms with Gasteiger partial charge in [0.2, 0.25) is 0 Å². The monoisotopic (exact) mass is 389 g/mol. The number of hydrogen-bond donors (Lipinski definition) is 1. The lowest BCUT2D eigenvalue weighted by Crippen LogP contribution is -2.20. The molecule has 0 atom stereocenters. The third kappa shape index (κ3) is 3.73. The van der Waals surface area contributed by atoms with Crippen LogP contribution in [-0.4, -0.2) is 15.5 Å². The summed E-state index contributed by atoms with van der Waals surface area (Å²) in [5, 5.41) is 3.53. The Labute approximate surface area is 166 Å². The normalized spacial score (nSPS) is 10.9. The summed E-state index contributed by atoms with van der Waals surface area (Å²) in [6.07, 6.45) is 2.49. The molecule has 0 aliphatic carbocycles. The zero-order valence-corrected chi connectivity index (χ0v) is 16.2. The number of amides is 1. The van der Waals surface area contributed by atoms with Gasteiger partial charge in [-0.05, 0) is 42.3 Å². The van der Waals surface area contributed by atoms with E-state index in [1.54, 1.807) is 34.4 Å². The maximum Gasteiger partial charge on any atom is 0.262 e. The van der Waals surface area contributed by atoms with Crippen molar-refractivity contribution in [3.8, 4) is 0 Å². The predicted octanol–water partition coefficient (Wildman–Crippen LogP) is 4.32. The van der Waals surface area contributed by atoms with Gasteiger partial charge < -0.3 is 5.32 Å². The summed E-state index contributed by atoms with van der Waals surface area (Å²) in [6.45, 7) is 2.48. The van der Waals surface area contributed by atoms with Crippen LogP contribution in [0.3, 0.4) is 0 Å². The van der Waals surface area contributed by atoms with E-state index in [1.165, 1.54) is 0 Å². The van der Waals surface area contributed by atoms with Crippen LogP contribution in [0.1, 0.15) is 27.7 Å². The number of hydrogen-bond acceptors (Lipinski definition) is 4. The molecule has 4 aromatic rings. The van der Waals surface area contributed by atoms with Gasteiger partial charge in [0.1, 0.15) is 4.83 Å². The number of fused-ring (bicyclic) bond motifs is 1. The number of carbonyl (C=O) groups excluding carboxylic acids is 1. The van der Waals surface area contributed by atoms with Crippen molar-refractivity contribution in [1.82, 2.24) is 9.55 Å². The lowest BCUT2D eigenvalue weighted by molar-refractivity contribution is 0.102. The largest absolute Gasteiger partial charge is 0.322 e. The first-order valence-corrected chi connectivity index (χ1v) is 9.89. The first-order valence-electron chi connectivity index (χ1n) is 9.07. The van der Waals surface area contributed by atoms with Crippen molar-refractivity contribution in [2.45, 2.75) is 19.9 Å². The molecule has 6 heteroatoms. The molecule has 2 heterocycles. The fourth-order valence-electron chi connectivity index (χ4n) is 2.98. The molecule has 0 bridgehead atoms. The highest BCUT2D eigenvalue weighted by atomic mass is 32.1. The van der Waals surface area contributed by atoms with Gasteiger partial charge in [-0.3, -0.25) is 14.2 Å². The summed E-state index contributed by atoms with van der Waals surface area (Å²) in [5.41, 5.74) is 2.22. The lowest BCUT2D eigenvalue weighted by Gasteiger charge is -2.08. The van der Waals surface area contributed by atoms with Crippen molar-refractivity contribution in [3.05, 3.63) is 93.3 Å². The van der Waals surface area contributed by atoms with E-state index in [1.807, 2.05) is 48.5 Å². The Bertz CT molecular complexity index is 1180. The van der Waals surface area contributed by atoms with Gasteiger partial charge in [0.15, 0.2) is 0 Å². The van der Waals surface area contributed by atoms with Gasteiger partial charge in [-0.15, -0.1) is 11.3 Å². The molecule has 1 amide bonds. The second kappa shape index (κ2) is 7.78. The number of para-hydroxylation sites is 1. The second-order valence-corrected chi connectivity index (χ2v) is 7.59. The van der Waals surface area contributed by atoms with Crippen molar-refractivity contribution < 1.29 is 4.79 Å². The first kappa shape index (κ1) is 18.1. The predicted molar refractivity (Wildman–Crippen MR) is 113 cm³/mol. The lowest BCUT2D eigenvalue weighted by atomic mass is 10.1. The van der Waals surface area contributed by atoms with Gasteiger partial charge in [-0.25, -0.2) is 4.98 Å². The van der Waals surface area contributed by atoms with Gasteiger partial charge in [-0.2, -0.15) is 0 Å². The van der Waals surface area contributed by atoms with Gasteiger partial charge in [0, 0.05) is 16.1 Å². The van der Waals surface area contributed by atoms with Crippen molar-refractivity contribution in [2.75, 3.05) is 5.32 Å². The molecule has 5 nitrogen and oxygen atoms in total. The van der Waals surface area contributed by atoms with Gasteiger partial charge in [0.05, 0.1) is 18.3 Å². The molecule has 0 spiro atoms. The Kier molecular flexibility index (Phi) is 5.04. The Hall–Kier alpha value is -3.25. The van der Waals surface area contributed by atoms with Crippen LogP contribution in [0.2, 0.25) is 0 Å². The number of rotatable bonds is 5. The number of aromatic nitrogens is 2. The number of thiophene rings is 1. The Morgan fingerprint density at radius 1 is 1.11 bits per heavy atom. The third-order valence-electron chi connectivity index (χ3n) is 4.52. The molecule has 0 saturated heterocycles. The SMILES string of the molecule is CCc1cc2c(=O)n(Cc3ccc(C(=O)Nc4ccccc4)cc3)cnc2s1. The average molecular weight is 389 g/mol. The highest BCUT2D eigenvalue weighted by Crippen LogP contribution is 2.21. The van der Waals surface area contributed by atoms with Crippen LogP contribution >= 0.6 is 11.3 Å². The van der Waals surface area contributed by atoms with Gasteiger partial charge >= 0.3 is 0 Å². The molecule has 0 fully saturated rings. The molecular formula is C22H19N3O2S. The van der Waals surface area contributed by atoms with E-state index in [4.69, 9.17) is 0 Å². The number of nitrogens with zero attached hydrogens (tertiary/aromatic N) is 2. The summed E-state index contributed by atoms with van der Waals surface area (Å²) >= 11 is 1.56. The number of aryl methyl sites for hydroxylation is 1. The Morgan fingerprint density at radius 3 is 2.57 bits per heavy atom. The van der Waals surface area contributed by atoms with E-state index < -0.39 is 0 Å². The van der Waals surface area contributed by atoms with Gasteiger partial charge in [-0.1, -0.05) is 37.3 Å². The van der Waals surface area contributed by atoms with E-state index in [0.717, 1.165) is 27.4 Å².